The van der Waals surface area contributed by atoms with Crippen LogP contribution < -0.4 is 14.8 Å². The predicted octanol–water partition coefficient (Wildman–Crippen LogP) is 2.04. The van der Waals surface area contributed by atoms with Crippen LogP contribution in [-0.2, 0) is 9.53 Å². The van der Waals surface area contributed by atoms with Gasteiger partial charge in [0.15, 0.2) is 17.6 Å². The molecule has 2 heterocycles. The Bertz CT molecular complexity index is 748. The lowest BCUT2D eigenvalue weighted by atomic mass is 10.2. The average Bonchev–Trinajstić information content (AvgIpc) is 2.62. The summed E-state index contributed by atoms with van der Waals surface area (Å²) >= 11 is 0. The Morgan fingerprint density at radius 1 is 1.21 bits per heavy atom. The lowest BCUT2D eigenvalue weighted by Gasteiger charge is -2.19. The summed E-state index contributed by atoms with van der Waals surface area (Å²) < 4.78 is 16.0. The second kappa shape index (κ2) is 6.99. The first-order valence-corrected chi connectivity index (χ1v) is 7.45. The molecule has 1 N–H and O–H groups in total. The van der Waals surface area contributed by atoms with Gasteiger partial charge in [0, 0.05) is 24.1 Å². The van der Waals surface area contributed by atoms with E-state index in [1.54, 1.807) is 36.5 Å². The van der Waals surface area contributed by atoms with Crippen LogP contribution in [0.5, 0.6) is 11.5 Å². The van der Waals surface area contributed by atoms with Crippen molar-refractivity contribution in [2.45, 2.75) is 13.0 Å². The number of anilines is 1. The van der Waals surface area contributed by atoms with Crippen molar-refractivity contribution < 1.29 is 23.8 Å². The van der Waals surface area contributed by atoms with Crippen molar-refractivity contribution in [3.63, 3.8) is 0 Å². The highest BCUT2D eigenvalue weighted by Crippen LogP contribution is 2.32. The number of rotatable bonds is 4. The maximum absolute atomic E-state index is 12.2. The SMILES string of the molecule is CC(OC(=O)c1cccnc1)C(=O)Nc1ccc2c(c1)OCCO2. The van der Waals surface area contributed by atoms with Crippen LogP contribution in [-0.4, -0.2) is 36.2 Å². The van der Waals surface area contributed by atoms with E-state index < -0.39 is 18.0 Å². The fraction of sp³-hybridized carbons (Fsp3) is 0.235. The number of ether oxygens (including phenoxy) is 3. The Kier molecular flexibility index (Phi) is 4.60. The fourth-order valence-electron chi connectivity index (χ4n) is 2.13. The molecule has 0 radical (unpaired) electrons. The third-order valence-corrected chi connectivity index (χ3v) is 3.36. The van der Waals surface area contributed by atoms with Gasteiger partial charge in [0.2, 0.25) is 0 Å². The lowest BCUT2D eigenvalue weighted by molar-refractivity contribution is -0.123. The summed E-state index contributed by atoms with van der Waals surface area (Å²) in [6.45, 7) is 2.46. The molecule has 7 heteroatoms. The van der Waals surface area contributed by atoms with Gasteiger partial charge in [-0.05, 0) is 31.2 Å². The average molecular weight is 328 g/mol. The summed E-state index contributed by atoms with van der Waals surface area (Å²) in [6.07, 6.45) is 1.98. The molecule has 0 saturated heterocycles. The van der Waals surface area contributed by atoms with E-state index in [0.29, 0.717) is 30.4 Å². The first kappa shape index (κ1) is 15.8. The molecule has 124 valence electrons. The van der Waals surface area contributed by atoms with Gasteiger partial charge in [-0.25, -0.2) is 4.79 Å². The van der Waals surface area contributed by atoms with E-state index in [2.05, 4.69) is 10.3 Å². The van der Waals surface area contributed by atoms with Gasteiger partial charge in [-0.15, -0.1) is 0 Å². The molecule has 3 rings (SSSR count). The van der Waals surface area contributed by atoms with Crippen LogP contribution in [0.15, 0.2) is 42.7 Å². The highest BCUT2D eigenvalue weighted by Gasteiger charge is 2.20. The summed E-state index contributed by atoms with van der Waals surface area (Å²) in [5.74, 6) is 0.159. The molecule has 0 bridgehead atoms. The number of benzene rings is 1. The summed E-state index contributed by atoms with van der Waals surface area (Å²) in [6, 6.07) is 8.27. The number of nitrogens with zero attached hydrogens (tertiary/aromatic N) is 1. The van der Waals surface area contributed by atoms with Crippen LogP contribution in [0.2, 0.25) is 0 Å². The van der Waals surface area contributed by atoms with E-state index in [1.807, 2.05) is 0 Å². The molecule has 1 aliphatic rings. The summed E-state index contributed by atoms with van der Waals surface area (Å²) in [7, 11) is 0. The molecule has 1 aliphatic heterocycles. The highest BCUT2D eigenvalue weighted by atomic mass is 16.6. The maximum Gasteiger partial charge on any atom is 0.340 e. The zero-order valence-electron chi connectivity index (χ0n) is 13.0. The topological polar surface area (TPSA) is 86.8 Å². The number of pyridine rings is 1. The van der Waals surface area contributed by atoms with E-state index in [4.69, 9.17) is 14.2 Å². The van der Waals surface area contributed by atoms with Gasteiger partial charge in [0.1, 0.15) is 13.2 Å². The number of nitrogens with one attached hydrogen (secondary N) is 1. The minimum atomic E-state index is -0.953. The van der Waals surface area contributed by atoms with E-state index in [9.17, 15) is 9.59 Å². The number of hydrogen-bond donors (Lipinski definition) is 1. The zero-order chi connectivity index (χ0) is 16.9. The molecular formula is C17H16N2O5. The van der Waals surface area contributed by atoms with Crippen LogP contribution in [0, 0.1) is 0 Å². The maximum atomic E-state index is 12.2. The molecular weight excluding hydrogens is 312 g/mol. The van der Waals surface area contributed by atoms with Gasteiger partial charge >= 0.3 is 5.97 Å². The molecule has 7 nitrogen and oxygen atoms in total. The zero-order valence-corrected chi connectivity index (χ0v) is 13.0. The monoisotopic (exact) mass is 328 g/mol. The Morgan fingerprint density at radius 2 is 2.00 bits per heavy atom. The third kappa shape index (κ3) is 3.62. The van der Waals surface area contributed by atoms with Crippen molar-refractivity contribution in [1.82, 2.24) is 4.98 Å². The van der Waals surface area contributed by atoms with Crippen molar-refractivity contribution >= 4 is 17.6 Å². The summed E-state index contributed by atoms with van der Waals surface area (Å²) in [4.78, 5) is 27.9. The number of amides is 1. The van der Waals surface area contributed by atoms with E-state index in [1.165, 1.54) is 13.1 Å². The number of carbonyl (C=O) groups is 2. The normalized spacial score (nSPS) is 13.7. The molecule has 1 aromatic carbocycles. The van der Waals surface area contributed by atoms with E-state index in [0.717, 1.165) is 0 Å². The molecule has 2 aromatic rings. The summed E-state index contributed by atoms with van der Waals surface area (Å²) in [5.41, 5.74) is 0.824. The van der Waals surface area contributed by atoms with Gasteiger partial charge < -0.3 is 19.5 Å². The Balaban J connectivity index is 1.61. The smallest absolute Gasteiger partial charge is 0.340 e. The molecule has 1 atom stereocenters. The molecule has 1 aromatic heterocycles. The molecule has 0 aliphatic carbocycles. The van der Waals surface area contributed by atoms with Gasteiger partial charge in [-0.2, -0.15) is 0 Å². The first-order valence-electron chi connectivity index (χ1n) is 7.45. The second-order valence-electron chi connectivity index (χ2n) is 5.14. The Hall–Kier alpha value is -3.09. The predicted molar refractivity (Wildman–Crippen MR) is 85.2 cm³/mol. The number of fused-ring (bicyclic) bond motifs is 1. The first-order chi connectivity index (χ1) is 11.6. The van der Waals surface area contributed by atoms with Crippen LogP contribution in [0.4, 0.5) is 5.69 Å². The summed E-state index contributed by atoms with van der Waals surface area (Å²) in [5, 5.41) is 2.68. The minimum Gasteiger partial charge on any atom is -0.486 e. The van der Waals surface area contributed by atoms with Crippen LogP contribution in [0.1, 0.15) is 17.3 Å². The van der Waals surface area contributed by atoms with Gasteiger partial charge in [0.05, 0.1) is 5.56 Å². The highest BCUT2D eigenvalue weighted by molar-refractivity contribution is 5.97. The molecule has 0 fully saturated rings. The minimum absolute atomic E-state index is 0.288. The van der Waals surface area contributed by atoms with E-state index >= 15 is 0 Å². The third-order valence-electron chi connectivity index (χ3n) is 3.36. The van der Waals surface area contributed by atoms with E-state index in [-0.39, 0.29) is 5.56 Å². The van der Waals surface area contributed by atoms with Crippen LogP contribution in [0.25, 0.3) is 0 Å². The number of hydrogen-bond acceptors (Lipinski definition) is 6. The Labute approximate surface area is 138 Å². The van der Waals surface area contributed by atoms with Crippen molar-refractivity contribution in [3.8, 4) is 11.5 Å². The fourth-order valence-corrected chi connectivity index (χ4v) is 2.13. The van der Waals surface area contributed by atoms with Crippen molar-refractivity contribution in [3.05, 3.63) is 48.3 Å². The van der Waals surface area contributed by atoms with Crippen molar-refractivity contribution in [2.24, 2.45) is 0 Å². The number of esters is 1. The van der Waals surface area contributed by atoms with Crippen LogP contribution in [0.3, 0.4) is 0 Å². The molecule has 1 unspecified atom stereocenters. The van der Waals surface area contributed by atoms with Gasteiger partial charge in [0.25, 0.3) is 5.91 Å². The quantitative estimate of drug-likeness (QED) is 0.864. The van der Waals surface area contributed by atoms with Crippen molar-refractivity contribution in [2.75, 3.05) is 18.5 Å². The number of aromatic nitrogens is 1. The lowest BCUT2D eigenvalue weighted by Crippen LogP contribution is -2.30. The largest absolute Gasteiger partial charge is 0.486 e. The molecule has 0 saturated carbocycles. The molecule has 0 spiro atoms. The molecule has 24 heavy (non-hydrogen) atoms. The second-order valence-corrected chi connectivity index (χ2v) is 5.14. The standard InChI is InChI=1S/C17H16N2O5/c1-11(24-17(21)12-3-2-6-18-10-12)16(20)19-13-4-5-14-15(9-13)23-8-7-22-14/h2-6,9-11H,7-8H2,1H3,(H,19,20). The van der Waals surface area contributed by atoms with Crippen molar-refractivity contribution in [1.29, 1.82) is 0 Å². The van der Waals surface area contributed by atoms with Gasteiger partial charge in [-0.3, -0.25) is 9.78 Å². The number of carbonyl (C=O) groups excluding carboxylic acids is 2. The molecule has 1 amide bonds. The van der Waals surface area contributed by atoms with Gasteiger partial charge in [-0.1, -0.05) is 0 Å². The van der Waals surface area contributed by atoms with Crippen LogP contribution >= 0.6 is 0 Å². The Morgan fingerprint density at radius 3 is 2.75 bits per heavy atom.